The highest BCUT2D eigenvalue weighted by Crippen LogP contribution is 2.48. The van der Waals surface area contributed by atoms with Crippen molar-refractivity contribution in [3.63, 3.8) is 0 Å². The van der Waals surface area contributed by atoms with Crippen LogP contribution in [0.15, 0.2) is 29.3 Å². The Kier molecular flexibility index (Phi) is 3.96. The Hall–Kier alpha value is -1.11. The first-order chi connectivity index (χ1) is 9.70. The molecule has 2 aliphatic rings. The summed E-state index contributed by atoms with van der Waals surface area (Å²) in [7, 11) is 0. The summed E-state index contributed by atoms with van der Waals surface area (Å²) in [5.74, 6) is 2.41. The van der Waals surface area contributed by atoms with Crippen LogP contribution in [0, 0.1) is 11.8 Å². The molecule has 20 heavy (non-hydrogen) atoms. The molecule has 0 bridgehead atoms. The summed E-state index contributed by atoms with van der Waals surface area (Å²) in [4.78, 5) is 5.12. The zero-order chi connectivity index (χ0) is 14.1. The van der Waals surface area contributed by atoms with Gasteiger partial charge in [-0.2, -0.15) is 0 Å². The van der Waals surface area contributed by atoms with Gasteiger partial charge in [-0.25, -0.2) is 0 Å². The normalized spacial score (nSPS) is 29.9. The van der Waals surface area contributed by atoms with Crippen molar-refractivity contribution >= 4 is 5.71 Å². The Bertz CT molecular complexity index is 502. The minimum atomic E-state index is 0.443. The van der Waals surface area contributed by atoms with E-state index in [2.05, 4.69) is 45.0 Å². The van der Waals surface area contributed by atoms with Gasteiger partial charge in [0.1, 0.15) is 0 Å². The molecule has 0 heterocycles. The minimum Gasteiger partial charge on any atom is -0.286 e. The molecule has 0 aromatic heterocycles. The predicted octanol–water partition coefficient (Wildman–Crippen LogP) is 5.20. The molecular formula is C19H27N. The van der Waals surface area contributed by atoms with Gasteiger partial charge in [-0.3, -0.25) is 4.99 Å². The van der Waals surface area contributed by atoms with Crippen molar-refractivity contribution in [2.75, 3.05) is 0 Å². The average molecular weight is 269 g/mol. The molecule has 0 spiro atoms. The highest BCUT2D eigenvalue weighted by molar-refractivity contribution is 6.02. The van der Waals surface area contributed by atoms with Gasteiger partial charge in [0.2, 0.25) is 0 Å². The van der Waals surface area contributed by atoms with Crippen molar-refractivity contribution in [1.82, 2.24) is 0 Å². The second-order valence-electron chi connectivity index (χ2n) is 6.77. The average Bonchev–Trinajstić information content (AvgIpc) is 2.53. The maximum Gasteiger partial charge on any atom is 0.0500 e. The third-order valence-electron chi connectivity index (χ3n) is 5.67. The zero-order valence-electron chi connectivity index (χ0n) is 13.1. The number of hydrogen-bond acceptors (Lipinski definition) is 1. The van der Waals surface area contributed by atoms with E-state index in [1.807, 2.05) is 0 Å². The van der Waals surface area contributed by atoms with Crippen molar-refractivity contribution in [2.24, 2.45) is 16.8 Å². The van der Waals surface area contributed by atoms with Crippen LogP contribution in [0.3, 0.4) is 0 Å². The van der Waals surface area contributed by atoms with Crippen molar-refractivity contribution in [1.29, 1.82) is 0 Å². The van der Waals surface area contributed by atoms with Crippen LogP contribution in [0.2, 0.25) is 0 Å². The van der Waals surface area contributed by atoms with Crippen LogP contribution in [-0.4, -0.2) is 11.8 Å². The van der Waals surface area contributed by atoms with Gasteiger partial charge >= 0.3 is 0 Å². The third-order valence-corrected chi connectivity index (χ3v) is 5.67. The van der Waals surface area contributed by atoms with Gasteiger partial charge in [-0.15, -0.1) is 0 Å². The van der Waals surface area contributed by atoms with E-state index < -0.39 is 0 Å². The summed E-state index contributed by atoms with van der Waals surface area (Å²) in [6, 6.07) is 9.48. The maximum atomic E-state index is 5.12. The Morgan fingerprint density at radius 1 is 1.15 bits per heavy atom. The standard InChI is InChI=1S/C19H27N/c1-4-13(2)14(3)20-19-12-10-15-9-11-16(15)17-7-5-6-8-18(17)19/h5-8,13-16H,4,9-12H2,1-3H3. The number of benzene rings is 1. The van der Waals surface area contributed by atoms with Gasteiger partial charge < -0.3 is 0 Å². The van der Waals surface area contributed by atoms with Crippen LogP contribution >= 0.6 is 0 Å². The SMILES string of the molecule is CCC(C)C(C)N=C1CCC2CCC2c2ccccc21. The molecule has 1 nitrogen and oxygen atoms in total. The highest BCUT2D eigenvalue weighted by Gasteiger charge is 2.36. The molecule has 4 unspecified atom stereocenters. The fourth-order valence-corrected chi connectivity index (χ4v) is 3.71. The summed E-state index contributed by atoms with van der Waals surface area (Å²) in [6.07, 6.45) is 6.54. The van der Waals surface area contributed by atoms with Gasteiger partial charge in [-0.05, 0) is 61.5 Å². The van der Waals surface area contributed by atoms with Crippen molar-refractivity contribution in [3.05, 3.63) is 35.4 Å². The fourth-order valence-electron chi connectivity index (χ4n) is 3.71. The summed E-state index contributed by atoms with van der Waals surface area (Å²) < 4.78 is 0. The fraction of sp³-hybridized carbons (Fsp3) is 0.632. The van der Waals surface area contributed by atoms with E-state index in [9.17, 15) is 0 Å². The zero-order valence-corrected chi connectivity index (χ0v) is 13.1. The maximum absolute atomic E-state index is 5.12. The molecule has 1 aromatic rings. The summed E-state index contributed by atoms with van der Waals surface area (Å²) in [6.45, 7) is 6.87. The molecule has 1 saturated carbocycles. The number of aliphatic imine (C=N–C) groups is 1. The summed E-state index contributed by atoms with van der Waals surface area (Å²) in [5.41, 5.74) is 4.41. The quantitative estimate of drug-likeness (QED) is 0.715. The third kappa shape index (κ3) is 2.43. The van der Waals surface area contributed by atoms with Crippen LogP contribution in [0.1, 0.15) is 69.9 Å². The van der Waals surface area contributed by atoms with Crippen LogP contribution in [-0.2, 0) is 0 Å². The molecule has 0 N–H and O–H groups in total. The van der Waals surface area contributed by atoms with Crippen molar-refractivity contribution in [2.45, 2.75) is 64.8 Å². The van der Waals surface area contributed by atoms with Crippen LogP contribution in [0.25, 0.3) is 0 Å². The van der Waals surface area contributed by atoms with E-state index in [0.29, 0.717) is 12.0 Å². The lowest BCUT2D eigenvalue weighted by atomic mass is 9.69. The Morgan fingerprint density at radius 2 is 1.95 bits per heavy atom. The van der Waals surface area contributed by atoms with Crippen LogP contribution < -0.4 is 0 Å². The molecule has 0 saturated heterocycles. The minimum absolute atomic E-state index is 0.443. The van der Waals surface area contributed by atoms with Gasteiger partial charge in [-0.1, -0.05) is 44.5 Å². The van der Waals surface area contributed by atoms with Crippen molar-refractivity contribution < 1.29 is 0 Å². The first kappa shape index (κ1) is 13.9. The summed E-state index contributed by atoms with van der Waals surface area (Å²) in [5, 5.41) is 0. The molecule has 1 fully saturated rings. The predicted molar refractivity (Wildman–Crippen MR) is 86.6 cm³/mol. The van der Waals surface area contributed by atoms with E-state index in [4.69, 9.17) is 4.99 Å². The lowest BCUT2D eigenvalue weighted by molar-refractivity contribution is 0.245. The molecular weight excluding hydrogens is 242 g/mol. The molecule has 108 valence electrons. The molecule has 0 amide bonds. The molecule has 0 radical (unpaired) electrons. The molecule has 2 aliphatic carbocycles. The highest BCUT2D eigenvalue weighted by atomic mass is 14.8. The molecule has 4 atom stereocenters. The first-order valence-electron chi connectivity index (χ1n) is 8.36. The molecule has 1 aromatic carbocycles. The second kappa shape index (κ2) is 5.71. The largest absolute Gasteiger partial charge is 0.286 e. The van der Waals surface area contributed by atoms with E-state index in [1.165, 1.54) is 43.4 Å². The Morgan fingerprint density at radius 3 is 2.65 bits per heavy atom. The number of hydrogen-bond donors (Lipinski definition) is 0. The van der Waals surface area contributed by atoms with Gasteiger partial charge in [0, 0.05) is 11.8 Å². The topological polar surface area (TPSA) is 12.4 Å². The van der Waals surface area contributed by atoms with E-state index in [0.717, 1.165) is 11.8 Å². The van der Waals surface area contributed by atoms with E-state index in [1.54, 1.807) is 5.56 Å². The van der Waals surface area contributed by atoms with Crippen molar-refractivity contribution in [3.8, 4) is 0 Å². The second-order valence-corrected chi connectivity index (χ2v) is 6.77. The van der Waals surface area contributed by atoms with Gasteiger partial charge in [0.05, 0.1) is 0 Å². The Balaban J connectivity index is 1.95. The lowest BCUT2D eigenvalue weighted by Gasteiger charge is -2.36. The van der Waals surface area contributed by atoms with Crippen LogP contribution in [0.5, 0.6) is 0 Å². The van der Waals surface area contributed by atoms with Crippen LogP contribution in [0.4, 0.5) is 0 Å². The number of fused-ring (bicyclic) bond motifs is 3. The lowest BCUT2D eigenvalue weighted by Crippen LogP contribution is -2.22. The smallest absolute Gasteiger partial charge is 0.0500 e. The number of rotatable bonds is 3. The Labute approximate surface area is 123 Å². The molecule has 1 heteroatoms. The monoisotopic (exact) mass is 269 g/mol. The van der Waals surface area contributed by atoms with Gasteiger partial charge in [0.25, 0.3) is 0 Å². The van der Waals surface area contributed by atoms with Gasteiger partial charge in [0.15, 0.2) is 0 Å². The van der Waals surface area contributed by atoms with E-state index in [-0.39, 0.29) is 0 Å². The first-order valence-corrected chi connectivity index (χ1v) is 8.36. The van der Waals surface area contributed by atoms with E-state index >= 15 is 0 Å². The molecule has 3 rings (SSSR count). The molecule has 0 aliphatic heterocycles. The number of nitrogens with zero attached hydrogens (tertiary/aromatic N) is 1. The summed E-state index contributed by atoms with van der Waals surface area (Å²) >= 11 is 0.